The summed E-state index contributed by atoms with van der Waals surface area (Å²) < 4.78 is 1.49. The van der Waals surface area contributed by atoms with Crippen LogP contribution in [0.2, 0.25) is 0 Å². The number of carbonyl (C=O) groups excluding carboxylic acids is 3. The molecule has 146 valence electrons. The van der Waals surface area contributed by atoms with E-state index in [1.54, 1.807) is 0 Å². The molecule has 8 nitrogen and oxygen atoms in total. The van der Waals surface area contributed by atoms with Crippen molar-refractivity contribution >= 4 is 28.9 Å². The molecule has 5 rings (SSSR count). The Bertz CT molecular complexity index is 1150. The Labute approximate surface area is 166 Å². The van der Waals surface area contributed by atoms with E-state index in [1.807, 2.05) is 48.5 Å². The van der Waals surface area contributed by atoms with Crippen molar-refractivity contribution in [2.24, 2.45) is 0 Å². The van der Waals surface area contributed by atoms with Crippen LogP contribution >= 0.6 is 0 Å². The van der Waals surface area contributed by atoms with Gasteiger partial charge in [0.2, 0.25) is 0 Å². The molecule has 29 heavy (non-hydrogen) atoms. The Morgan fingerprint density at radius 2 is 1.93 bits per heavy atom. The number of hydrogen-bond donors (Lipinski definition) is 2. The van der Waals surface area contributed by atoms with E-state index in [9.17, 15) is 14.4 Å². The number of aromatic nitrogens is 2. The second kappa shape index (κ2) is 6.44. The third kappa shape index (κ3) is 2.67. The van der Waals surface area contributed by atoms with E-state index in [2.05, 4.69) is 15.7 Å². The number of benzene rings is 2. The van der Waals surface area contributed by atoms with Crippen LogP contribution in [0.3, 0.4) is 0 Å². The first-order valence-electron chi connectivity index (χ1n) is 9.53. The molecule has 1 spiro atoms. The fourth-order valence-electron chi connectivity index (χ4n) is 4.32. The molecular weight excluding hydrogens is 370 g/mol. The Balaban J connectivity index is 1.38. The summed E-state index contributed by atoms with van der Waals surface area (Å²) in [6, 6.07) is 14.5. The average molecular weight is 389 g/mol. The maximum atomic E-state index is 13.2. The van der Waals surface area contributed by atoms with Crippen LogP contribution in [0, 0.1) is 0 Å². The number of imide groups is 1. The van der Waals surface area contributed by atoms with Gasteiger partial charge in [-0.2, -0.15) is 0 Å². The molecule has 2 aromatic carbocycles. The molecule has 3 aromatic rings. The standard InChI is InChI=1S/C21H19N5O3/c27-18(24-26-13-22-16-9-3-4-10-17(16)26)12-25-19(28)21(23-20(25)29)11-5-7-14-6-1-2-8-15(14)21/h1-4,6,8-10,13H,5,7,11-12H2,(H,23,29)(H,24,27). The third-order valence-corrected chi connectivity index (χ3v) is 5.65. The quantitative estimate of drug-likeness (QED) is 0.669. The van der Waals surface area contributed by atoms with Gasteiger partial charge in [0, 0.05) is 0 Å². The minimum absolute atomic E-state index is 0.360. The van der Waals surface area contributed by atoms with Crippen LogP contribution in [0.1, 0.15) is 24.0 Å². The molecule has 1 aliphatic heterocycles. The van der Waals surface area contributed by atoms with E-state index in [0.29, 0.717) is 6.42 Å². The molecule has 1 aromatic heterocycles. The number of aryl methyl sites for hydroxylation is 1. The monoisotopic (exact) mass is 389 g/mol. The number of carbonyl (C=O) groups is 3. The number of imidazole rings is 1. The fourth-order valence-corrected chi connectivity index (χ4v) is 4.32. The Hall–Kier alpha value is -3.68. The van der Waals surface area contributed by atoms with E-state index in [1.165, 1.54) is 11.0 Å². The summed E-state index contributed by atoms with van der Waals surface area (Å²) in [6.07, 6.45) is 3.69. The highest BCUT2D eigenvalue weighted by Crippen LogP contribution is 2.39. The summed E-state index contributed by atoms with van der Waals surface area (Å²) in [5.74, 6) is -0.849. The van der Waals surface area contributed by atoms with Crippen molar-refractivity contribution in [1.29, 1.82) is 0 Å². The number of nitrogens with one attached hydrogen (secondary N) is 2. The molecule has 0 bridgehead atoms. The smallest absolute Gasteiger partial charge is 0.319 e. The second-order valence-corrected chi connectivity index (χ2v) is 7.38. The van der Waals surface area contributed by atoms with Gasteiger partial charge in [-0.25, -0.2) is 14.5 Å². The first-order valence-corrected chi connectivity index (χ1v) is 9.53. The van der Waals surface area contributed by atoms with Crippen LogP contribution < -0.4 is 10.7 Å². The van der Waals surface area contributed by atoms with Gasteiger partial charge in [0.15, 0.2) is 0 Å². The summed E-state index contributed by atoms with van der Waals surface area (Å²) in [5.41, 5.74) is 4.96. The van der Waals surface area contributed by atoms with E-state index in [4.69, 9.17) is 0 Å². The molecule has 2 aliphatic rings. The van der Waals surface area contributed by atoms with Crippen LogP contribution in [0.5, 0.6) is 0 Å². The van der Waals surface area contributed by atoms with Crippen molar-refractivity contribution in [2.45, 2.75) is 24.8 Å². The van der Waals surface area contributed by atoms with Gasteiger partial charge in [-0.1, -0.05) is 36.4 Å². The number of hydrogen-bond acceptors (Lipinski definition) is 4. The van der Waals surface area contributed by atoms with Crippen molar-refractivity contribution in [2.75, 3.05) is 12.0 Å². The second-order valence-electron chi connectivity index (χ2n) is 7.38. The van der Waals surface area contributed by atoms with E-state index in [0.717, 1.165) is 39.9 Å². The maximum absolute atomic E-state index is 13.2. The lowest BCUT2D eigenvalue weighted by Crippen LogP contribution is -2.47. The Kier molecular flexibility index (Phi) is 3.87. The summed E-state index contributed by atoms with van der Waals surface area (Å²) in [6.45, 7) is -0.360. The highest BCUT2D eigenvalue weighted by molar-refractivity contribution is 6.10. The molecule has 0 saturated carbocycles. The first kappa shape index (κ1) is 17.4. The zero-order chi connectivity index (χ0) is 20.0. The normalized spacial score (nSPS) is 20.8. The summed E-state index contributed by atoms with van der Waals surface area (Å²) in [4.78, 5) is 43.7. The highest BCUT2D eigenvalue weighted by Gasteiger charge is 2.54. The topological polar surface area (TPSA) is 96.3 Å². The molecule has 1 aliphatic carbocycles. The van der Waals surface area contributed by atoms with E-state index >= 15 is 0 Å². The van der Waals surface area contributed by atoms with Crippen LogP contribution in [-0.4, -0.2) is 39.0 Å². The largest absolute Gasteiger partial charge is 0.325 e. The zero-order valence-electron chi connectivity index (χ0n) is 15.6. The summed E-state index contributed by atoms with van der Waals surface area (Å²) in [7, 11) is 0. The van der Waals surface area contributed by atoms with Gasteiger partial charge >= 0.3 is 6.03 Å². The van der Waals surface area contributed by atoms with Crippen molar-refractivity contribution in [3.63, 3.8) is 0 Å². The van der Waals surface area contributed by atoms with Gasteiger partial charge in [-0.3, -0.25) is 19.9 Å². The summed E-state index contributed by atoms with van der Waals surface area (Å²) in [5, 5.41) is 2.86. The van der Waals surface area contributed by atoms with Gasteiger partial charge in [-0.15, -0.1) is 0 Å². The summed E-state index contributed by atoms with van der Waals surface area (Å²) >= 11 is 0. The average Bonchev–Trinajstić information content (AvgIpc) is 3.23. The van der Waals surface area contributed by atoms with Gasteiger partial charge in [-0.05, 0) is 42.5 Å². The fraction of sp³-hybridized carbons (Fsp3) is 0.238. The van der Waals surface area contributed by atoms with E-state index in [-0.39, 0.29) is 12.5 Å². The van der Waals surface area contributed by atoms with Crippen LogP contribution in [0.25, 0.3) is 11.0 Å². The molecule has 1 fully saturated rings. The van der Waals surface area contributed by atoms with Crippen LogP contribution in [0.4, 0.5) is 4.79 Å². The van der Waals surface area contributed by atoms with Crippen molar-refractivity contribution in [3.05, 3.63) is 66.0 Å². The molecule has 4 amide bonds. The number of fused-ring (bicyclic) bond motifs is 3. The molecule has 2 heterocycles. The molecule has 1 atom stereocenters. The molecule has 8 heteroatoms. The van der Waals surface area contributed by atoms with Gasteiger partial charge in [0.1, 0.15) is 18.4 Å². The predicted molar refractivity (Wildman–Crippen MR) is 105 cm³/mol. The van der Waals surface area contributed by atoms with Crippen molar-refractivity contribution in [1.82, 2.24) is 19.9 Å². The van der Waals surface area contributed by atoms with Crippen molar-refractivity contribution < 1.29 is 14.4 Å². The Morgan fingerprint density at radius 3 is 2.83 bits per heavy atom. The molecule has 1 saturated heterocycles. The number of urea groups is 1. The lowest BCUT2D eigenvalue weighted by atomic mass is 9.76. The van der Waals surface area contributed by atoms with Crippen molar-refractivity contribution in [3.8, 4) is 0 Å². The maximum Gasteiger partial charge on any atom is 0.325 e. The zero-order valence-corrected chi connectivity index (χ0v) is 15.6. The number of para-hydroxylation sites is 2. The minimum Gasteiger partial charge on any atom is -0.319 e. The predicted octanol–water partition coefficient (Wildman–Crippen LogP) is 1.89. The van der Waals surface area contributed by atoms with Gasteiger partial charge < -0.3 is 5.32 Å². The third-order valence-electron chi connectivity index (χ3n) is 5.65. The Morgan fingerprint density at radius 1 is 1.14 bits per heavy atom. The minimum atomic E-state index is -1.08. The highest BCUT2D eigenvalue weighted by atomic mass is 16.2. The van der Waals surface area contributed by atoms with Crippen LogP contribution in [-0.2, 0) is 21.5 Å². The van der Waals surface area contributed by atoms with Gasteiger partial charge in [0.25, 0.3) is 11.8 Å². The molecule has 0 radical (unpaired) electrons. The number of amides is 4. The lowest BCUT2D eigenvalue weighted by molar-refractivity contribution is -0.134. The SMILES string of the molecule is O=C(CN1C(=O)NC2(CCCc3ccccc32)C1=O)Nn1cnc2ccccc21. The number of nitrogens with zero attached hydrogens (tertiary/aromatic N) is 3. The lowest BCUT2D eigenvalue weighted by Gasteiger charge is -2.33. The van der Waals surface area contributed by atoms with E-state index < -0.39 is 17.5 Å². The number of rotatable bonds is 3. The molecular formula is C21H19N5O3. The first-order chi connectivity index (χ1) is 14.1. The molecule has 2 N–H and O–H groups in total. The van der Waals surface area contributed by atoms with Crippen LogP contribution in [0.15, 0.2) is 54.9 Å². The van der Waals surface area contributed by atoms with Gasteiger partial charge in [0.05, 0.1) is 11.0 Å². The molecule has 1 unspecified atom stereocenters.